The number of nitrogen functional groups attached to an aromatic ring is 1. The van der Waals surface area contributed by atoms with Crippen LogP contribution >= 0.6 is 15.9 Å². The zero-order chi connectivity index (χ0) is 8.97. The Morgan fingerprint density at radius 1 is 1.42 bits per heavy atom. The third-order valence-corrected chi connectivity index (χ3v) is 2.50. The number of anilines is 1. The van der Waals surface area contributed by atoms with Crippen molar-refractivity contribution in [2.75, 3.05) is 5.43 Å². The number of hydrazine groups is 1. The number of aryl methyl sites for hydroxylation is 1. The maximum Gasteiger partial charge on any atom is 0.0488 e. The minimum atomic E-state index is 0.904. The van der Waals surface area contributed by atoms with Crippen LogP contribution in [0.5, 0.6) is 0 Å². The van der Waals surface area contributed by atoms with Gasteiger partial charge in [-0.2, -0.15) is 0 Å². The monoisotopic (exact) mass is 228 g/mol. The smallest absolute Gasteiger partial charge is 0.0488 e. The van der Waals surface area contributed by atoms with E-state index in [9.17, 15) is 0 Å². The minimum Gasteiger partial charge on any atom is -0.324 e. The largest absolute Gasteiger partial charge is 0.324 e. The van der Waals surface area contributed by atoms with Crippen LogP contribution in [-0.2, 0) is 11.8 Å². The lowest BCUT2D eigenvalue weighted by Gasteiger charge is -2.07. The molecule has 0 aliphatic carbocycles. The lowest BCUT2D eigenvalue weighted by Crippen LogP contribution is -2.07. The number of hydrogen-bond donors (Lipinski definition) is 2. The Morgan fingerprint density at radius 3 is 2.67 bits per heavy atom. The molecule has 0 atom stereocenters. The van der Waals surface area contributed by atoms with E-state index in [0.717, 1.165) is 17.4 Å². The van der Waals surface area contributed by atoms with Crippen LogP contribution in [0.4, 0.5) is 5.69 Å². The molecule has 0 aromatic heterocycles. The molecule has 0 spiro atoms. The fourth-order valence-electron chi connectivity index (χ4n) is 1.18. The molecule has 0 saturated heterocycles. The first-order chi connectivity index (χ1) is 5.81. The van der Waals surface area contributed by atoms with Gasteiger partial charge in [-0.1, -0.05) is 28.9 Å². The second-order valence-electron chi connectivity index (χ2n) is 2.62. The number of alkyl halides is 1. The van der Waals surface area contributed by atoms with Crippen LogP contribution in [0.1, 0.15) is 18.1 Å². The van der Waals surface area contributed by atoms with Gasteiger partial charge < -0.3 is 5.43 Å². The van der Waals surface area contributed by atoms with Crippen LogP contribution in [0, 0.1) is 0 Å². The van der Waals surface area contributed by atoms with Gasteiger partial charge in [0.25, 0.3) is 0 Å². The Morgan fingerprint density at radius 2 is 2.17 bits per heavy atom. The van der Waals surface area contributed by atoms with Gasteiger partial charge in [-0.3, -0.25) is 5.84 Å². The molecular weight excluding hydrogens is 216 g/mol. The molecule has 0 radical (unpaired) electrons. The fourth-order valence-corrected chi connectivity index (χ4v) is 1.72. The highest BCUT2D eigenvalue weighted by Crippen LogP contribution is 2.17. The number of nitrogens with two attached hydrogens (primary N) is 1. The van der Waals surface area contributed by atoms with Crippen LogP contribution in [0.2, 0.25) is 0 Å². The van der Waals surface area contributed by atoms with Crippen molar-refractivity contribution in [3.63, 3.8) is 0 Å². The molecule has 1 rings (SSSR count). The summed E-state index contributed by atoms with van der Waals surface area (Å²) < 4.78 is 0. The molecule has 3 N–H and O–H groups in total. The summed E-state index contributed by atoms with van der Waals surface area (Å²) in [5, 5.41) is 0.904. The third-order valence-electron chi connectivity index (χ3n) is 1.90. The topological polar surface area (TPSA) is 38.0 Å². The molecule has 0 bridgehead atoms. The van der Waals surface area contributed by atoms with E-state index in [0.29, 0.717) is 0 Å². The Kier molecular flexibility index (Phi) is 3.56. The van der Waals surface area contributed by atoms with E-state index < -0.39 is 0 Å². The zero-order valence-corrected chi connectivity index (χ0v) is 8.69. The minimum absolute atomic E-state index is 0.904. The molecule has 0 fully saturated rings. The highest BCUT2D eigenvalue weighted by Gasteiger charge is 1.99. The first-order valence-electron chi connectivity index (χ1n) is 3.96. The van der Waals surface area contributed by atoms with Crippen LogP contribution in [-0.4, -0.2) is 0 Å². The maximum atomic E-state index is 5.30. The van der Waals surface area contributed by atoms with Gasteiger partial charge >= 0.3 is 0 Å². The Balaban J connectivity index is 3.02. The molecule has 0 heterocycles. The Hall–Kier alpha value is -0.540. The molecule has 66 valence electrons. The predicted molar refractivity (Wildman–Crippen MR) is 56.3 cm³/mol. The van der Waals surface area contributed by atoms with Gasteiger partial charge in [0, 0.05) is 11.0 Å². The predicted octanol–water partition coefficient (Wildman–Crippen LogP) is 2.43. The molecule has 3 heteroatoms. The molecule has 12 heavy (non-hydrogen) atoms. The molecule has 1 aromatic carbocycles. The van der Waals surface area contributed by atoms with Crippen molar-refractivity contribution in [1.29, 1.82) is 0 Å². The summed E-state index contributed by atoms with van der Waals surface area (Å²) in [6, 6.07) is 6.15. The number of benzene rings is 1. The average Bonchev–Trinajstić information content (AvgIpc) is 2.16. The molecule has 0 aliphatic rings. The van der Waals surface area contributed by atoms with Crippen LogP contribution in [0.3, 0.4) is 0 Å². The second-order valence-corrected chi connectivity index (χ2v) is 3.18. The lowest BCUT2D eigenvalue weighted by molar-refractivity contribution is 1.10. The molecule has 2 nitrogen and oxygen atoms in total. The van der Waals surface area contributed by atoms with Gasteiger partial charge in [-0.05, 0) is 29.7 Å². The molecular formula is C9H13BrN2. The third kappa shape index (κ3) is 1.99. The van der Waals surface area contributed by atoms with Gasteiger partial charge in [0.1, 0.15) is 0 Å². The number of rotatable bonds is 3. The van der Waals surface area contributed by atoms with E-state index in [1.54, 1.807) is 0 Å². The van der Waals surface area contributed by atoms with Gasteiger partial charge in [0.15, 0.2) is 0 Å². The SMILES string of the molecule is CCc1cc(NN)ccc1CBr. The quantitative estimate of drug-likeness (QED) is 0.474. The summed E-state index contributed by atoms with van der Waals surface area (Å²) >= 11 is 3.44. The van der Waals surface area contributed by atoms with E-state index in [1.807, 2.05) is 6.07 Å². The van der Waals surface area contributed by atoms with Crippen molar-refractivity contribution in [2.24, 2.45) is 5.84 Å². The summed E-state index contributed by atoms with van der Waals surface area (Å²) in [7, 11) is 0. The van der Waals surface area contributed by atoms with Crippen molar-refractivity contribution < 1.29 is 0 Å². The first-order valence-corrected chi connectivity index (χ1v) is 5.08. The van der Waals surface area contributed by atoms with Crippen LogP contribution in [0.15, 0.2) is 18.2 Å². The van der Waals surface area contributed by atoms with E-state index in [2.05, 4.69) is 40.4 Å². The van der Waals surface area contributed by atoms with Crippen molar-refractivity contribution in [2.45, 2.75) is 18.7 Å². The second kappa shape index (κ2) is 4.48. The summed E-state index contributed by atoms with van der Waals surface area (Å²) in [5.41, 5.74) is 6.27. The fraction of sp³-hybridized carbons (Fsp3) is 0.333. The summed E-state index contributed by atoms with van der Waals surface area (Å²) in [6.07, 6.45) is 1.04. The summed E-state index contributed by atoms with van der Waals surface area (Å²) in [6.45, 7) is 2.14. The number of halogens is 1. The average molecular weight is 229 g/mol. The Bertz CT molecular complexity index is 261. The first kappa shape index (κ1) is 9.55. The standard InChI is InChI=1S/C9H13BrN2/c1-2-7-5-9(12-11)4-3-8(7)6-10/h3-5,12H,2,6,11H2,1H3. The molecule has 0 unspecified atom stereocenters. The van der Waals surface area contributed by atoms with E-state index in [4.69, 9.17) is 5.84 Å². The molecule has 0 saturated carbocycles. The van der Waals surface area contributed by atoms with E-state index >= 15 is 0 Å². The van der Waals surface area contributed by atoms with E-state index in [-0.39, 0.29) is 0 Å². The van der Waals surface area contributed by atoms with Gasteiger partial charge in [0.2, 0.25) is 0 Å². The maximum absolute atomic E-state index is 5.30. The highest BCUT2D eigenvalue weighted by molar-refractivity contribution is 9.08. The van der Waals surface area contributed by atoms with Crippen LogP contribution < -0.4 is 11.3 Å². The summed E-state index contributed by atoms with van der Waals surface area (Å²) in [4.78, 5) is 0. The van der Waals surface area contributed by atoms with Crippen molar-refractivity contribution in [1.82, 2.24) is 0 Å². The highest BCUT2D eigenvalue weighted by atomic mass is 79.9. The normalized spacial score (nSPS) is 9.92. The van der Waals surface area contributed by atoms with Crippen LogP contribution in [0.25, 0.3) is 0 Å². The van der Waals surface area contributed by atoms with Crippen molar-refractivity contribution in [3.8, 4) is 0 Å². The van der Waals surface area contributed by atoms with Gasteiger partial charge in [-0.25, -0.2) is 0 Å². The zero-order valence-electron chi connectivity index (χ0n) is 7.10. The lowest BCUT2D eigenvalue weighted by atomic mass is 10.1. The number of nitrogens with one attached hydrogen (secondary N) is 1. The van der Waals surface area contributed by atoms with Crippen molar-refractivity contribution in [3.05, 3.63) is 29.3 Å². The molecule has 1 aromatic rings. The van der Waals surface area contributed by atoms with Crippen molar-refractivity contribution >= 4 is 21.6 Å². The Labute approximate surface area is 81.3 Å². The number of hydrogen-bond acceptors (Lipinski definition) is 2. The molecule has 0 amide bonds. The molecule has 0 aliphatic heterocycles. The van der Waals surface area contributed by atoms with Gasteiger partial charge in [-0.15, -0.1) is 0 Å². The van der Waals surface area contributed by atoms with E-state index in [1.165, 1.54) is 11.1 Å². The summed E-state index contributed by atoms with van der Waals surface area (Å²) in [5.74, 6) is 5.30. The van der Waals surface area contributed by atoms with Gasteiger partial charge in [0.05, 0.1) is 0 Å².